The lowest BCUT2D eigenvalue weighted by Gasteiger charge is -2.17. The second-order valence-corrected chi connectivity index (χ2v) is 4.85. The molecule has 0 aliphatic carbocycles. The second-order valence-electron chi connectivity index (χ2n) is 4.85. The number of nitrogens with zero attached hydrogens (tertiary/aromatic N) is 1. The van der Waals surface area contributed by atoms with Gasteiger partial charge in [-0.2, -0.15) is 0 Å². The Balaban J connectivity index is 3.36. The average Bonchev–Trinajstić information content (AvgIpc) is 2.42. The predicted molar refractivity (Wildman–Crippen MR) is 78.3 cm³/mol. The zero-order chi connectivity index (χ0) is 14.3. The molecule has 0 spiro atoms. The minimum Gasteiger partial charge on any atom is -0.379 e. The van der Waals surface area contributed by atoms with Gasteiger partial charge in [0.15, 0.2) is 0 Å². The molecule has 19 heavy (non-hydrogen) atoms. The number of unbranched alkanes of at least 4 members (excludes halogenated alkanes) is 3. The van der Waals surface area contributed by atoms with E-state index in [4.69, 9.17) is 9.47 Å². The van der Waals surface area contributed by atoms with Crippen molar-refractivity contribution in [1.82, 2.24) is 4.90 Å². The third kappa shape index (κ3) is 12.2. The highest BCUT2D eigenvalue weighted by atomic mass is 16.5. The van der Waals surface area contributed by atoms with Crippen LogP contribution in [0.2, 0.25) is 0 Å². The van der Waals surface area contributed by atoms with E-state index in [9.17, 15) is 4.79 Å². The molecule has 4 nitrogen and oxygen atoms in total. The van der Waals surface area contributed by atoms with Gasteiger partial charge in [0, 0.05) is 26.6 Å². The second kappa shape index (κ2) is 13.8. The fourth-order valence-corrected chi connectivity index (χ4v) is 1.69. The van der Waals surface area contributed by atoms with Crippen LogP contribution >= 0.6 is 0 Å². The molecule has 0 aromatic heterocycles. The number of carbonyl (C=O) groups excluding carboxylic acids is 1. The number of amides is 1. The molecule has 0 bridgehead atoms. The quantitative estimate of drug-likeness (QED) is 0.484. The van der Waals surface area contributed by atoms with Gasteiger partial charge in [0.2, 0.25) is 5.91 Å². The Morgan fingerprint density at radius 3 is 2.21 bits per heavy atom. The van der Waals surface area contributed by atoms with Crippen LogP contribution in [0, 0.1) is 0 Å². The summed E-state index contributed by atoms with van der Waals surface area (Å²) in [6.45, 7) is 7.56. The smallest absolute Gasteiger partial charge is 0.222 e. The van der Waals surface area contributed by atoms with Crippen molar-refractivity contribution in [1.29, 1.82) is 0 Å². The van der Waals surface area contributed by atoms with Crippen LogP contribution in [0.5, 0.6) is 0 Å². The summed E-state index contributed by atoms with van der Waals surface area (Å²) in [5.41, 5.74) is 0. The molecule has 0 atom stereocenters. The number of rotatable bonds is 13. The maximum atomic E-state index is 11.8. The summed E-state index contributed by atoms with van der Waals surface area (Å²) in [4.78, 5) is 13.5. The minimum absolute atomic E-state index is 0.224. The number of ether oxygens (including phenoxy) is 2. The molecule has 0 saturated carbocycles. The monoisotopic (exact) mass is 273 g/mol. The van der Waals surface area contributed by atoms with Gasteiger partial charge in [-0.25, -0.2) is 0 Å². The Morgan fingerprint density at radius 1 is 0.895 bits per heavy atom. The largest absolute Gasteiger partial charge is 0.379 e. The van der Waals surface area contributed by atoms with Crippen LogP contribution in [-0.4, -0.2) is 50.8 Å². The van der Waals surface area contributed by atoms with Crippen LogP contribution in [0.15, 0.2) is 0 Å². The first-order valence-electron chi connectivity index (χ1n) is 7.61. The van der Waals surface area contributed by atoms with Crippen molar-refractivity contribution in [2.24, 2.45) is 0 Å². The van der Waals surface area contributed by atoms with E-state index in [1.165, 1.54) is 12.8 Å². The first-order chi connectivity index (χ1) is 9.22. The van der Waals surface area contributed by atoms with E-state index in [0.29, 0.717) is 32.8 Å². The molecule has 0 aliphatic heterocycles. The SMILES string of the molecule is CCCCCCC(=O)N(C)CCOCCOCCC. The summed E-state index contributed by atoms with van der Waals surface area (Å²) >= 11 is 0. The first kappa shape index (κ1) is 18.4. The fraction of sp³-hybridized carbons (Fsp3) is 0.933. The van der Waals surface area contributed by atoms with Gasteiger partial charge in [-0.3, -0.25) is 4.79 Å². The van der Waals surface area contributed by atoms with Gasteiger partial charge in [-0.05, 0) is 12.8 Å². The molecular weight excluding hydrogens is 242 g/mol. The molecular formula is C15H31NO3. The van der Waals surface area contributed by atoms with Gasteiger partial charge in [0.05, 0.1) is 19.8 Å². The van der Waals surface area contributed by atoms with E-state index >= 15 is 0 Å². The van der Waals surface area contributed by atoms with Crippen molar-refractivity contribution in [3.8, 4) is 0 Å². The van der Waals surface area contributed by atoms with E-state index in [-0.39, 0.29) is 5.91 Å². The van der Waals surface area contributed by atoms with E-state index < -0.39 is 0 Å². The van der Waals surface area contributed by atoms with Crippen LogP contribution in [0.25, 0.3) is 0 Å². The van der Waals surface area contributed by atoms with Crippen LogP contribution < -0.4 is 0 Å². The normalized spacial score (nSPS) is 10.7. The fourth-order valence-electron chi connectivity index (χ4n) is 1.69. The predicted octanol–water partition coefficient (Wildman–Crippen LogP) is 2.86. The summed E-state index contributed by atoms with van der Waals surface area (Å²) in [6.07, 6.45) is 6.28. The molecule has 0 saturated heterocycles. The van der Waals surface area contributed by atoms with Gasteiger partial charge in [0.1, 0.15) is 0 Å². The Hall–Kier alpha value is -0.610. The van der Waals surface area contributed by atoms with Gasteiger partial charge < -0.3 is 14.4 Å². The first-order valence-corrected chi connectivity index (χ1v) is 7.61. The molecule has 0 unspecified atom stereocenters. The van der Waals surface area contributed by atoms with Gasteiger partial charge >= 0.3 is 0 Å². The van der Waals surface area contributed by atoms with E-state index in [2.05, 4.69) is 13.8 Å². The van der Waals surface area contributed by atoms with Crippen molar-refractivity contribution in [3.63, 3.8) is 0 Å². The lowest BCUT2D eigenvalue weighted by atomic mass is 10.1. The minimum atomic E-state index is 0.224. The molecule has 0 heterocycles. The lowest BCUT2D eigenvalue weighted by Crippen LogP contribution is -2.30. The van der Waals surface area contributed by atoms with E-state index in [1.54, 1.807) is 4.90 Å². The average molecular weight is 273 g/mol. The zero-order valence-corrected chi connectivity index (χ0v) is 13.0. The highest BCUT2D eigenvalue weighted by molar-refractivity contribution is 5.75. The Bertz CT molecular complexity index is 210. The highest BCUT2D eigenvalue weighted by Gasteiger charge is 2.07. The summed E-state index contributed by atoms with van der Waals surface area (Å²) in [5.74, 6) is 0.224. The van der Waals surface area contributed by atoms with E-state index in [0.717, 1.165) is 25.9 Å². The summed E-state index contributed by atoms with van der Waals surface area (Å²) in [6, 6.07) is 0. The number of carbonyl (C=O) groups is 1. The summed E-state index contributed by atoms with van der Waals surface area (Å²) < 4.78 is 10.7. The zero-order valence-electron chi connectivity index (χ0n) is 13.0. The molecule has 0 aromatic carbocycles. The van der Waals surface area contributed by atoms with Crippen molar-refractivity contribution in [2.45, 2.75) is 52.4 Å². The number of hydrogen-bond acceptors (Lipinski definition) is 3. The van der Waals surface area contributed by atoms with Crippen LogP contribution in [0.3, 0.4) is 0 Å². The van der Waals surface area contributed by atoms with Crippen LogP contribution in [0.1, 0.15) is 52.4 Å². The third-order valence-electron chi connectivity index (χ3n) is 2.96. The highest BCUT2D eigenvalue weighted by Crippen LogP contribution is 2.04. The Labute approximate surface area is 118 Å². The summed E-state index contributed by atoms with van der Waals surface area (Å²) in [5, 5.41) is 0. The number of hydrogen-bond donors (Lipinski definition) is 0. The van der Waals surface area contributed by atoms with Crippen LogP contribution in [-0.2, 0) is 14.3 Å². The molecule has 0 radical (unpaired) electrons. The lowest BCUT2D eigenvalue weighted by molar-refractivity contribution is -0.130. The topological polar surface area (TPSA) is 38.8 Å². The van der Waals surface area contributed by atoms with Crippen molar-refractivity contribution < 1.29 is 14.3 Å². The standard InChI is InChI=1S/C15H31NO3/c1-4-6-7-8-9-15(17)16(3)10-12-19-14-13-18-11-5-2/h4-14H2,1-3H3. The van der Waals surface area contributed by atoms with Gasteiger partial charge in [-0.15, -0.1) is 0 Å². The molecule has 0 aliphatic rings. The number of likely N-dealkylation sites (N-methyl/N-ethyl adjacent to an activating group) is 1. The maximum absolute atomic E-state index is 11.8. The molecule has 0 aromatic rings. The van der Waals surface area contributed by atoms with Gasteiger partial charge in [0.25, 0.3) is 0 Å². The Morgan fingerprint density at radius 2 is 1.58 bits per heavy atom. The maximum Gasteiger partial charge on any atom is 0.222 e. The van der Waals surface area contributed by atoms with Crippen molar-refractivity contribution >= 4 is 5.91 Å². The molecule has 4 heteroatoms. The Kier molecular flexibility index (Phi) is 13.4. The van der Waals surface area contributed by atoms with Gasteiger partial charge in [-0.1, -0.05) is 33.1 Å². The van der Waals surface area contributed by atoms with Crippen molar-refractivity contribution in [2.75, 3.05) is 40.0 Å². The third-order valence-corrected chi connectivity index (χ3v) is 2.96. The molecule has 1 amide bonds. The molecule has 114 valence electrons. The van der Waals surface area contributed by atoms with E-state index in [1.807, 2.05) is 7.05 Å². The molecule has 0 rings (SSSR count). The van der Waals surface area contributed by atoms with Crippen LogP contribution in [0.4, 0.5) is 0 Å². The summed E-state index contributed by atoms with van der Waals surface area (Å²) in [7, 11) is 1.85. The van der Waals surface area contributed by atoms with Crippen molar-refractivity contribution in [3.05, 3.63) is 0 Å². The molecule has 0 N–H and O–H groups in total. The molecule has 0 fully saturated rings.